The Kier molecular flexibility index (Phi) is 10.2. The molecule has 2 aliphatic carbocycles. The van der Waals surface area contributed by atoms with Gasteiger partial charge >= 0.3 is 0 Å². The van der Waals surface area contributed by atoms with Crippen molar-refractivity contribution < 1.29 is 29.1 Å². The van der Waals surface area contributed by atoms with Crippen LogP contribution in [0.3, 0.4) is 0 Å². The molecule has 0 saturated heterocycles. The molecule has 0 atom stereocenters. The highest BCUT2D eigenvalue weighted by Crippen LogP contribution is 2.26. The molecule has 34 heavy (non-hydrogen) atoms. The average molecular weight is 471 g/mol. The number of nitrogens with zero attached hydrogens (tertiary/aromatic N) is 2. The molecule has 0 bridgehead atoms. The molecule has 0 aromatic heterocycles. The van der Waals surface area contributed by atoms with Crippen LogP contribution in [0.1, 0.15) is 58.5 Å². The number of ether oxygens (including phenoxy) is 2. The van der Waals surface area contributed by atoms with E-state index in [2.05, 4.69) is 29.2 Å². The fourth-order valence-corrected chi connectivity index (χ4v) is 3.41. The first-order chi connectivity index (χ1) is 16.3. The molecular weight excluding hydrogens is 440 g/mol. The minimum atomic E-state index is -0.221. The number of methoxy groups -OCH3 is 2. The van der Waals surface area contributed by atoms with Gasteiger partial charge in [0.05, 0.1) is 14.2 Å². The Balaban J connectivity index is 0.000000188. The second-order valence-corrected chi connectivity index (χ2v) is 8.11. The third-order valence-corrected chi connectivity index (χ3v) is 5.38. The van der Waals surface area contributed by atoms with Gasteiger partial charge in [-0.2, -0.15) is 0 Å². The fourth-order valence-electron chi connectivity index (χ4n) is 3.41. The minimum absolute atomic E-state index is 0.188. The lowest BCUT2D eigenvalue weighted by atomic mass is 10.1. The number of fused-ring (bicyclic) bond motifs is 2. The molecule has 9 heteroatoms. The summed E-state index contributed by atoms with van der Waals surface area (Å²) in [7, 11) is 3.16. The molecule has 0 aliphatic heterocycles. The predicted molar refractivity (Wildman–Crippen MR) is 127 cm³/mol. The van der Waals surface area contributed by atoms with E-state index in [1.807, 2.05) is 24.3 Å². The number of Topliss-reactive ketones (excluding diaryl/α,β-unsaturated/α-hetero) is 2. The number of ketones is 2. The maximum atomic E-state index is 11.5. The van der Waals surface area contributed by atoms with Crippen molar-refractivity contribution in [2.24, 2.45) is 16.4 Å². The van der Waals surface area contributed by atoms with Gasteiger partial charge in [0.15, 0.2) is 11.1 Å². The van der Waals surface area contributed by atoms with Gasteiger partial charge in [0.2, 0.25) is 5.78 Å². The summed E-state index contributed by atoms with van der Waals surface area (Å²) in [6, 6.07) is 11.0. The Morgan fingerprint density at radius 3 is 2.12 bits per heavy atom. The molecule has 0 amide bonds. The van der Waals surface area contributed by atoms with E-state index in [0.29, 0.717) is 36.7 Å². The van der Waals surface area contributed by atoms with E-state index in [-0.39, 0.29) is 17.3 Å². The summed E-state index contributed by atoms with van der Waals surface area (Å²) in [6.45, 7) is 4.57. The van der Waals surface area contributed by atoms with E-state index in [1.165, 1.54) is 0 Å². The highest BCUT2D eigenvalue weighted by Gasteiger charge is 2.27. The summed E-state index contributed by atoms with van der Waals surface area (Å²) in [5, 5.41) is 13.8. The van der Waals surface area contributed by atoms with Gasteiger partial charge in [-0.1, -0.05) is 31.1 Å². The molecule has 0 spiro atoms. The highest BCUT2D eigenvalue weighted by atomic mass is 16.7. The Hall–Kier alpha value is -3.75. The summed E-state index contributed by atoms with van der Waals surface area (Å²) >= 11 is 0. The number of carbonyl (C=O) groups is 2. The first-order valence-corrected chi connectivity index (χ1v) is 10.9. The Morgan fingerprint density at radius 1 is 0.941 bits per heavy atom. The molecule has 0 heterocycles. The number of carbonyl (C=O) groups excluding carboxylic acids is 2. The lowest BCUT2D eigenvalue weighted by Gasteiger charge is -2.01. The van der Waals surface area contributed by atoms with Gasteiger partial charge in [0, 0.05) is 24.0 Å². The zero-order chi connectivity index (χ0) is 25.1. The Labute approximate surface area is 198 Å². The topological polar surface area (TPSA) is 124 Å². The van der Waals surface area contributed by atoms with Crippen LogP contribution in [0.2, 0.25) is 0 Å². The second-order valence-electron chi connectivity index (χ2n) is 8.11. The standard InChI is InChI=1S/C10H9NO3.C10H10O2.C5H11NO2/c1-14-7-3-2-6-4-9(11-13)10(12)8(6)5-7;1-12-8-4-2-7-3-5-10(11)9(7)6-8;1-5(2)3-4-8-6-7/h2-3,5,13H,4H2,1H3;2,4,6H,3,5H2,1H3;5H,3-4H2,1-2H3/b11-9+;;. The van der Waals surface area contributed by atoms with E-state index in [4.69, 9.17) is 14.7 Å². The van der Waals surface area contributed by atoms with Crippen LogP contribution in [-0.4, -0.2) is 43.3 Å². The van der Waals surface area contributed by atoms with Gasteiger partial charge in [-0.3, -0.25) is 9.59 Å². The van der Waals surface area contributed by atoms with E-state index in [0.717, 1.165) is 35.3 Å². The smallest absolute Gasteiger partial charge is 0.211 e. The number of rotatable bonds is 6. The molecule has 4 rings (SSSR count). The lowest BCUT2D eigenvalue weighted by molar-refractivity contribution is 0.0993. The first kappa shape index (κ1) is 26.5. The number of oxime groups is 1. The molecule has 1 N–H and O–H groups in total. The molecule has 182 valence electrons. The molecule has 9 nitrogen and oxygen atoms in total. The van der Waals surface area contributed by atoms with Gasteiger partial charge in [0.25, 0.3) is 0 Å². The molecule has 2 aromatic rings. The summed E-state index contributed by atoms with van der Waals surface area (Å²) in [4.78, 5) is 36.4. The van der Waals surface area contributed by atoms with Crippen LogP contribution >= 0.6 is 0 Å². The number of hydrogen-bond donors (Lipinski definition) is 1. The molecule has 2 aromatic carbocycles. The molecule has 2 aliphatic rings. The lowest BCUT2D eigenvalue weighted by Crippen LogP contribution is -2.06. The fraction of sp³-hybridized carbons (Fsp3) is 0.400. The predicted octanol–water partition coefficient (Wildman–Crippen LogP) is 4.82. The van der Waals surface area contributed by atoms with Crippen LogP contribution in [0.15, 0.2) is 46.9 Å². The molecule has 0 fully saturated rings. The minimum Gasteiger partial charge on any atom is -0.497 e. The van der Waals surface area contributed by atoms with Crippen molar-refractivity contribution in [3.05, 3.63) is 63.6 Å². The summed E-state index contributed by atoms with van der Waals surface area (Å²) in [6.07, 6.45) is 2.83. The van der Waals surface area contributed by atoms with Crippen LogP contribution < -0.4 is 9.47 Å². The van der Waals surface area contributed by atoms with Crippen molar-refractivity contribution in [3.8, 4) is 11.5 Å². The van der Waals surface area contributed by atoms with E-state index >= 15 is 0 Å². The SMILES string of the molecule is CC(C)CCON=O.COc1ccc2c(c1)C(=O)/C(=N/O)C2.COc1ccc2c(c1)C(=O)CC2. The average Bonchev–Trinajstić information content (AvgIpc) is 3.38. The van der Waals surface area contributed by atoms with Crippen LogP contribution in [0.25, 0.3) is 0 Å². The van der Waals surface area contributed by atoms with Crippen LogP contribution in [0.4, 0.5) is 0 Å². The monoisotopic (exact) mass is 470 g/mol. The van der Waals surface area contributed by atoms with Gasteiger partial charge in [-0.25, -0.2) is 0 Å². The molecule has 0 unspecified atom stereocenters. The second kappa shape index (κ2) is 13.1. The van der Waals surface area contributed by atoms with Gasteiger partial charge in [0.1, 0.15) is 23.8 Å². The summed E-state index contributed by atoms with van der Waals surface area (Å²) in [5.74, 6) is 2.00. The third kappa shape index (κ3) is 7.13. The Bertz CT molecular complexity index is 1050. The van der Waals surface area contributed by atoms with Crippen LogP contribution in [0.5, 0.6) is 11.5 Å². The molecule has 0 saturated carbocycles. The van der Waals surface area contributed by atoms with Gasteiger partial charge in [-0.05, 0) is 54.2 Å². The van der Waals surface area contributed by atoms with Crippen molar-refractivity contribution in [2.45, 2.75) is 39.5 Å². The van der Waals surface area contributed by atoms with Crippen molar-refractivity contribution in [3.63, 3.8) is 0 Å². The zero-order valence-electron chi connectivity index (χ0n) is 19.9. The third-order valence-electron chi connectivity index (χ3n) is 5.38. The van der Waals surface area contributed by atoms with Crippen LogP contribution in [-0.2, 0) is 17.7 Å². The largest absolute Gasteiger partial charge is 0.497 e. The highest BCUT2D eigenvalue weighted by molar-refractivity contribution is 6.49. The van der Waals surface area contributed by atoms with Gasteiger partial charge in [-0.15, -0.1) is 4.91 Å². The normalized spacial score (nSPS) is 14.4. The van der Waals surface area contributed by atoms with E-state index < -0.39 is 0 Å². The maximum Gasteiger partial charge on any atom is 0.211 e. The van der Waals surface area contributed by atoms with Crippen molar-refractivity contribution >= 4 is 17.3 Å². The van der Waals surface area contributed by atoms with E-state index in [1.54, 1.807) is 26.4 Å². The Morgan fingerprint density at radius 2 is 1.56 bits per heavy atom. The van der Waals surface area contributed by atoms with Crippen LogP contribution in [0, 0.1) is 10.8 Å². The maximum absolute atomic E-state index is 11.5. The van der Waals surface area contributed by atoms with Crippen molar-refractivity contribution in [1.82, 2.24) is 0 Å². The number of hydrogen-bond acceptors (Lipinski definition) is 9. The zero-order valence-corrected chi connectivity index (χ0v) is 19.9. The molecular formula is C25H30N2O7. The first-order valence-electron chi connectivity index (χ1n) is 10.9. The van der Waals surface area contributed by atoms with E-state index in [9.17, 15) is 14.5 Å². The number of aryl methyl sites for hydroxylation is 1. The number of benzene rings is 2. The summed E-state index contributed by atoms with van der Waals surface area (Å²) in [5.41, 5.74) is 3.63. The summed E-state index contributed by atoms with van der Waals surface area (Å²) < 4.78 is 10.0. The quantitative estimate of drug-likeness (QED) is 0.278. The van der Waals surface area contributed by atoms with Crippen molar-refractivity contribution in [1.29, 1.82) is 0 Å². The van der Waals surface area contributed by atoms with Crippen molar-refractivity contribution in [2.75, 3.05) is 20.8 Å². The molecule has 0 radical (unpaired) electrons. The van der Waals surface area contributed by atoms with Gasteiger partial charge < -0.3 is 19.5 Å².